The van der Waals surface area contributed by atoms with Gasteiger partial charge in [-0.05, 0) is 56.0 Å². The number of hydrogen-bond donors (Lipinski definition) is 2. The number of hydrogen-bond acceptors (Lipinski definition) is 2. The van der Waals surface area contributed by atoms with Gasteiger partial charge in [-0.3, -0.25) is 9.59 Å². The van der Waals surface area contributed by atoms with Crippen LogP contribution in [0.25, 0.3) is 10.9 Å². The van der Waals surface area contributed by atoms with E-state index in [4.69, 9.17) is 0 Å². The van der Waals surface area contributed by atoms with Crippen LogP contribution < -0.4 is 0 Å². The molecule has 2 heterocycles. The van der Waals surface area contributed by atoms with Crippen LogP contribution in [0.2, 0.25) is 0 Å². The standard InChI is InChI=1S/C20H24N2O3/c23-19(14-8-9-15(11-14)20(24)25)22-10-4-3-7-18(22)17-12-13-5-1-2-6-16(13)21-17/h1-2,5-6,12,14-15,18,21H,3-4,7-11H2,(H,24,25)/t14-,15+,18?/m0/s1. The minimum absolute atomic E-state index is 0.0810. The van der Waals surface area contributed by atoms with Gasteiger partial charge in [-0.1, -0.05) is 18.2 Å². The average Bonchev–Trinajstić information content (AvgIpc) is 3.28. The average molecular weight is 340 g/mol. The van der Waals surface area contributed by atoms with E-state index in [0.29, 0.717) is 19.3 Å². The van der Waals surface area contributed by atoms with E-state index in [1.165, 1.54) is 5.39 Å². The number of nitrogens with zero attached hydrogens (tertiary/aromatic N) is 1. The van der Waals surface area contributed by atoms with Crippen LogP contribution in [0, 0.1) is 11.8 Å². The van der Waals surface area contributed by atoms with E-state index in [-0.39, 0.29) is 23.8 Å². The zero-order valence-corrected chi connectivity index (χ0v) is 14.3. The van der Waals surface area contributed by atoms with Crippen molar-refractivity contribution in [3.8, 4) is 0 Å². The van der Waals surface area contributed by atoms with E-state index in [0.717, 1.165) is 37.0 Å². The van der Waals surface area contributed by atoms with Crippen molar-refractivity contribution in [2.24, 2.45) is 11.8 Å². The van der Waals surface area contributed by atoms with E-state index < -0.39 is 5.97 Å². The highest BCUT2D eigenvalue weighted by molar-refractivity contribution is 5.83. The third kappa shape index (κ3) is 3.03. The van der Waals surface area contributed by atoms with Crippen LogP contribution in [-0.4, -0.2) is 33.4 Å². The van der Waals surface area contributed by atoms with Gasteiger partial charge in [-0.25, -0.2) is 0 Å². The van der Waals surface area contributed by atoms with Crippen molar-refractivity contribution in [2.45, 2.75) is 44.6 Å². The van der Waals surface area contributed by atoms with Crippen LogP contribution in [-0.2, 0) is 9.59 Å². The highest BCUT2D eigenvalue weighted by atomic mass is 16.4. The molecule has 2 N–H and O–H groups in total. The number of aromatic nitrogens is 1. The summed E-state index contributed by atoms with van der Waals surface area (Å²) in [6.45, 7) is 0.771. The maximum Gasteiger partial charge on any atom is 0.306 e. The summed E-state index contributed by atoms with van der Waals surface area (Å²) in [4.78, 5) is 29.8. The smallest absolute Gasteiger partial charge is 0.306 e. The normalized spacial score (nSPS) is 26.9. The summed E-state index contributed by atoms with van der Waals surface area (Å²) >= 11 is 0. The molecule has 1 aliphatic carbocycles. The molecular formula is C20H24N2O3. The maximum atomic E-state index is 13.1. The number of aromatic amines is 1. The largest absolute Gasteiger partial charge is 0.481 e. The van der Waals surface area contributed by atoms with E-state index in [1.54, 1.807) is 0 Å². The molecule has 1 saturated heterocycles. The Bertz CT molecular complexity index is 764. The number of piperidine rings is 1. The topological polar surface area (TPSA) is 73.4 Å². The first-order valence-corrected chi connectivity index (χ1v) is 9.24. The Labute approximate surface area is 147 Å². The van der Waals surface area contributed by atoms with Gasteiger partial charge in [0, 0.05) is 23.7 Å². The zero-order valence-electron chi connectivity index (χ0n) is 14.3. The van der Waals surface area contributed by atoms with Crippen LogP contribution in [0.4, 0.5) is 0 Å². The lowest BCUT2D eigenvalue weighted by Gasteiger charge is -2.37. The molecular weight excluding hydrogens is 316 g/mol. The Kier molecular flexibility index (Phi) is 4.24. The molecule has 132 valence electrons. The van der Waals surface area contributed by atoms with Gasteiger partial charge in [0.05, 0.1) is 12.0 Å². The Morgan fingerprint density at radius 2 is 1.88 bits per heavy atom. The number of aliphatic carboxylic acids is 1. The minimum atomic E-state index is -0.763. The second kappa shape index (κ2) is 6.54. The highest BCUT2D eigenvalue weighted by Crippen LogP contribution is 2.38. The third-order valence-corrected chi connectivity index (χ3v) is 5.83. The van der Waals surface area contributed by atoms with Crippen molar-refractivity contribution in [3.63, 3.8) is 0 Å². The fraction of sp³-hybridized carbons (Fsp3) is 0.500. The third-order valence-electron chi connectivity index (χ3n) is 5.83. The van der Waals surface area contributed by atoms with Gasteiger partial charge < -0.3 is 15.0 Å². The molecule has 1 aromatic heterocycles. The maximum absolute atomic E-state index is 13.1. The van der Waals surface area contributed by atoms with Gasteiger partial charge in [0.15, 0.2) is 0 Å². The van der Waals surface area contributed by atoms with E-state index in [1.807, 2.05) is 17.0 Å². The van der Waals surface area contributed by atoms with Crippen molar-refractivity contribution in [3.05, 3.63) is 36.0 Å². The summed E-state index contributed by atoms with van der Waals surface area (Å²) in [6.07, 6.45) is 4.92. The molecule has 5 nitrogen and oxygen atoms in total. The first kappa shape index (κ1) is 16.2. The molecule has 2 aromatic rings. The molecule has 4 rings (SSSR count). The monoisotopic (exact) mass is 340 g/mol. The van der Waals surface area contributed by atoms with E-state index in [2.05, 4.69) is 23.2 Å². The Balaban J connectivity index is 1.56. The summed E-state index contributed by atoms with van der Waals surface area (Å²) in [6, 6.07) is 10.4. The highest BCUT2D eigenvalue weighted by Gasteiger charge is 2.38. The number of carboxylic acids is 1. The summed E-state index contributed by atoms with van der Waals surface area (Å²) in [5.41, 5.74) is 2.20. The number of carbonyl (C=O) groups is 2. The number of carbonyl (C=O) groups excluding carboxylic acids is 1. The Morgan fingerprint density at radius 3 is 2.64 bits per heavy atom. The van der Waals surface area contributed by atoms with Crippen LogP contribution in [0.3, 0.4) is 0 Å². The van der Waals surface area contributed by atoms with Crippen LogP contribution in [0.5, 0.6) is 0 Å². The van der Waals surface area contributed by atoms with Gasteiger partial charge in [0.1, 0.15) is 0 Å². The molecule has 25 heavy (non-hydrogen) atoms. The fourth-order valence-electron chi connectivity index (χ4n) is 4.46. The van der Waals surface area contributed by atoms with Gasteiger partial charge in [0.2, 0.25) is 5.91 Å². The molecule has 3 atom stereocenters. The lowest BCUT2D eigenvalue weighted by atomic mass is 9.95. The lowest BCUT2D eigenvalue weighted by Crippen LogP contribution is -2.41. The Morgan fingerprint density at radius 1 is 1.08 bits per heavy atom. The van der Waals surface area contributed by atoms with Crippen LogP contribution >= 0.6 is 0 Å². The Hall–Kier alpha value is -2.30. The zero-order chi connectivity index (χ0) is 17.4. The van der Waals surface area contributed by atoms with Gasteiger partial charge in [-0.15, -0.1) is 0 Å². The lowest BCUT2D eigenvalue weighted by molar-refractivity contribution is -0.142. The van der Waals surface area contributed by atoms with Crippen molar-refractivity contribution in [1.29, 1.82) is 0 Å². The van der Waals surface area contributed by atoms with Gasteiger partial charge in [0.25, 0.3) is 0 Å². The first-order chi connectivity index (χ1) is 12.1. The molecule has 0 bridgehead atoms. The molecule has 5 heteroatoms. The number of carboxylic acid groups (broad SMARTS) is 1. The second-order valence-electron chi connectivity index (χ2n) is 7.40. The van der Waals surface area contributed by atoms with Gasteiger partial charge >= 0.3 is 5.97 Å². The molecule has 1 amide bonds. The fourth-order valence-corrected chi connectivity index (χ4v) is 4.46. The molecule has 1 saturated carbocycles. The number of rotatable bonds is 3. The number of fused-ring (bicyclic) bond motifs is 1. The molecule has 2 aliphatic rings. The first-order valence-electron chi connectivity index (χ1n) is 9.24. The van der Waals surface area contributed by atoms with Crippen molar-refractivity contribution >= 4 is 22.8 Å². The molecule has 1 aliphatic heterocycles. The summed E-state index contributed by atoms with van der Waals surface area (Å²) in [5, 5.41) is 10.4. The number of H-pyrrole nitrogens is 1. The quantitative estimate of drug-likeness (QED) is 0.894. The molecule has 0 radical (unpaired) electrons. The summed E-state index contributed by atoms with van der Waals surface area (Å²) in [7, 11) is 0. The number of likely N-dealkylation sites (tertiary alicyclic amines) is 1. The number of para-hydroxylation sites is 1. The van der Waals surface area contributed by atoms with Crippen molar-refractivity contribution in [1.82, 2.24) is 9.88 Å². The summed E-state index contributed by atoms with van der Waals surface area (Å²) < 4.78 is 0. The summed E-state index contributed by atoms with van der Waals surface area (Å²) in [5.74, 6) is -1.11. The number of nitrogens with one attached hydrogen (secondary N) is 1. The van der Waals surface area contributed by atoms with E-state index >= 15 is 0 Å². The van der Waals surface area contributed by atoms with Crippen molar-refractivity contribution < 1.29 is 14.7 Å². The molecule has 0 spiro atoms. The van der Waals surface area contributed by atoms with Crippen molar-refractivity contribution in [2.75, 3.05) is 6.54 Å². The molecule has 2 fully saturated rings. The van der Waals surface area contributed by atoms with E-state index in [9.17, 15) is 14.7 Å². The molecule has 1 unspecified atom stereocenters. The minimum Gasteiger partial charge on any atom is -0.481 e. The predicted octanol–water partition coefficient (Wildman–Crippen LogP) is 3.72. The predicted molar refractivity (Wildman–Crippen MR) is 95.1 cm³/mol. The number of amides is 1. The SMILES string of the molecule is O=C(O)[C@@H]1CC[C@H](C(=O)N2CCCCC2c2cc3ccccc3[nH]2)C1. The van der Waals surface area contributed by atoms with Crippen LogP contribution in [0.15, 0.2) is 30.3 Å². The number of benzene rings is 1. The molecule has 1 aromatic carbocycles. The van der Waals surface area contributed by atoms with Crippen LogP contribution in [0.1, 0.15) is 50.3 Å². The second-order valence-corrected chi connectivity index (χ2v) is 7.40. The van der Waals surface area contributed by atoms with Gasteiger partial charge in [-0.2, -0.15) is 0 Å².